The fraction of sp³-hybridized carbons (Fsp3) is 0.632. The predicted octanol–water partition coefficient (Wildman–Crippen LogP) is 2.07. The average Bonchev–Trinajstić information content (AvgIpc) is 2.59. The van der Waals surface area contributed by atoms with Gasteiger partial charge in [0.25, 0.3) is 0 Å². The molecule has 25 heavy (non-hydrogen) atoms. The summed E-state index contributed by atoms with van der Waals surface area (Å²) in [7, 11) is 0. The van der Waals surface area contributed by atoms with Crippen LogP contribution in [0.3, 0.4) is 0 Å². The molecule has 1 atom stereocenters. The van der Waals surface area contributed by atoms with Gasteiger partial charge in [0.05, 0.1) is 0 Å². The van der Waals surface area contributed by atoms with Crippen molar-refractivity contribution < 1.29 is 14.6 Å². The number of carbonyl (C=O) groups excluding carboxylic acids is 1. The standard InChI is InChI=1S/C19H33N3O3/c1-4-5-11-20-19(24)21-12-10-16-6-8-18(9-7-16)25-14-17(23)13-22-15(2)3/h6-9,15,17,22-23H,4-5,10-14H2,1-3H3,(H2,20,21,24)/t17-/m0/s1. The van der Waals surface area contributed by atoms with E-state index in [9.17, 15) is 9.90 Å². The summed E-state index contributed by atoms with van der Waals surface area (Å²) in [5.74, 6) is 0.734. The zero-order chi connectivity index (χ0) is 18.5. The minimum atomic E-state index is -0.530. The zero-order valence-corrected chi connectivity index (χ0v) is 15.7. The number of unbranched alkanes of at least 4 members (excludes halogenated alkanes) is 1. The van der Waals surface area contributed by atoms with Crippen molar-refractivity contribution in [1.82, 2.24) is 16.0 Å². The van der Waals surface area contributed by atoms with Gasteiger partial charge in [0, 0.05) is 25.7 Å². The first-order valence-corrected chi connectivity index (χ1v) is 9.16. The first-order chi connectivity index (χ1) is 12.0. The molecule has 0 fully saturated rings. The van der Waals surface area contributed by atoms with Gasteiger partial charge in [0.15, 0.2) is 0 Å². The van der Waals surface area contributed by atoms with Crippen LogP contribution in [0.2, 0.25) is 0 Å². The van der Waals surface area contributed by atoms with E-state index in [2.05, 4.69) is 22.9 Å². The van der Waals surface area contributed by atoms with E-state index in [-0.39, 0.29) is 12.6 Å². The minimum Gasteiger partial charge on any atom is -0.491 e. The number of nitrogens with one attached hydrogen (secondary N) is 3. The molecule has 0 aliphatic heterocycles. The van der Waals surface area contributed by atoms with Crippen LogP contribution in [0, 0.1) is 0 Å². The Hall–Kier alpha value is -1.79. The fourth-order valence-corrected chi connectivity index (χ4v) is 2.14. The Kier molecular flexibility index (Phi) is 10.7. The lowest BCUT2D eigenvalue weighted by Gasteiger charge is -2.15. The van der Waals surface area contributed by atoms with Crippen molar-refractivity contribution in [2.45, 2.75) is 52.2 Å². The summed E-state index contributed by atoms with van der Waals surface area (Å²) in [6.45, 7) is 8.26. The van der Waals surface area contributed by atoms with Crippen LogP contribution in [0.5, 0.6) is 5.75 Å². The lowest BCUT2D eigenvalue weighted by atomic mass is 10.1. The van der Waals surface area contributed by atoms with E-state index in [4.69, 9.17) is 4.74 Å². The third-order valence-corrected chi connectivity index (χ3v) is 3.64. The second kappa shape index (κ2) is 12.6. The van der Waals surface area contributed by atoms with Gasteiger partial charge in [-0.15, -0.1) is 0 Å². The van der Waals surface area contributed by atoms with E-state index in [1.807, 2.05) is 38.1 Å². The van der Waals surface area contributed by atoms with Crippen molar-refractivity contribution in [3.63, 3.8) is 0 Å². The average molecular weight is 351 g/mol. The molecule has 1 aromatic rings. The van der Waals surface area contributed by atoms with Gasteiger partial charge in [-0.25, -0.2) is 4.79 Å². The smallest absolute Gasteiger partial charge is 0.314 e. The van der Waals surface area contributed by atoms with Crippen molar-refractivity contribution in [3.8, 4) is 5.75 Å². The number of aliphatic hydroxyl groups is 1. The largest absolute Gasteiger partial charge is 0.491 e. The first-order valence-electron chi connectivity index (χ1n) is 9.16. The molecule has 6 nitrogen and oxygen atoms in total. The first kappa shape index (κ1) is 21.3. The van der Waals surface area contributed by atoms with Gasteiger partial charge in [0.1, 0.15) is 18.5 Å². The summed E-state index contributed by atoms with van der Waals surface area (Å²) in [5.41, 5.74) is 1.13. The Morgan fingerprint density at radius 1 is 1.16 bits per heavy atom. The summed E-state index contributed by atoms with van der Waals surface area (Å²) in [6, 6.07) is 7.96. The summed E-state index contributed by atoms with van der Waals surface area (Å²) < 4.78 is 5.58. The number of rotatable bonds is 12. The summed E-state index contributed by atoms with van der Waals surface area (Å²) in [6.07, 6.45) is 2.30. The molecule has 0 heterocycles. The molecule has 1 aromatic carbocycles. The number of benzene rings is 1. The third-order valence-electron chi connectivity index (χ3n) is 3.64. The maximum atomic E-state index is 11.5. The Bertz CT molecular complexity index is 477. The van der Waals surface area contributed by atoms with Crippen molar-refractivity contribution >= 4 is 6.03 Å². The molecule has 0 aliphatic rings. The van der Waals surface area contributed by atoms with Crippen LogP contribution in [0.1, 0.15) is 39.2 Å². The quantitative estimate of drug-likeness (QED) is 0.435. The number of aliphatic hydroxyl groups excluding tert-OH is 1. The molecule has 0 aliphatic carbocycles. The zero-order valence-electron chi connectivity index (χ0n) is 15.7. The lowest BCUT2D eigenvalue weighted by molar-refractivity contribution is 0.104. The Labute approximate surface area is 151 Å². The molecule has 0 saturated carbocycles. The fourth-order valence-electron chi connectivity index (χ4n) is 2.14. The lowest BCUT2D eigenvalue weighted by Crippen LogP contribution is -2.37. The Morgan fingerprint density at radius 2 is 1.84 bits per heavy atom. The number of amides is 2. The van der Waals surface area contributed by atoms with Crippen molar-refractivity contribution in [1.29, 1.82) is 0 Å². The molecule has 1 rings (SSSR count). The van der Waals surface area contributed by atoms with Crippen LogP contribution in [0.15, 0.2) is 24.3 Å². The second-order valence-electron chi connectivity index (χ2n) is 6.46. The highest BCUT2D eigenvalue weighted by Gasteiger charge is 2.06. The molecule has 2 amide bonds. The van der Waals surface area contributed by atoms with Gasteiger partial charge < -0.3 is 25.8 Å². The predicted molar refractivity (Wildman–Crippen MR) is 101 cm³/mol. The van der Waals surface area contributed by atoms with E-state index in [0.29, 0.717) is 25.7 Å². The third kappa shape index (κ3) is 10.6. The molecule has 6 heteroatoms. The molecule has 0 spiro atoms. The summed E-state index contributed by atoms with van der Waals surface area (Å²) in [5, 5.41) is 18.7. The van der Waals surface area contributed by atoms with Crippen molar-refractivity contribution in [3.05, 3.63) is 29.8 Å². The van der Waals surface area contributed by atoms with Gasteiger partial charge in [-0.05, 0) is 30.5 Å². The monoisotopic (exact) mass is 351 g/mol. The molecule has 0 radical (unpaired) electrons. The van der Waals surface area contributed by atoms with Crippen LogP contribution in [-0.2, 0) is 6.42 Å². The van der Waals surface area contributed by atoms with E-state index >= 15 is 0 Å². The van der Waals surface area contributed by atoms with Gasteiger partial charge in [-0.3, -0.25) is 0 Å². The number of ether oxygens (including phenoxy) is 1. The van der Waals surface area contributed by atoms with E-state index in [0.717, 1.165) is 30.6 Å². The maximum absolute atomic E-state index is 11.5. The van der Waals surface area contributed by atoms with Crippen LogP contribution in [0.4, 0.5) is 4.79 Å². The highest BCUT2D eigenvalue weighted by Crippen LogP contribution is 2.12. The van der Waals surface area contributed by atoms with E-state index < -0.39 is 6.10 Å². The van der Waals surface area contributed by atoms with Crippen molar-refractivity contribution in [2.75, 3.05) is 26.2 Å². The molecule has 0 saturated heterocycles. The van der Waals surface area contributed by atoms with Crippen LogP contribution >= 0.6 is 0 Å². The highest BCUT2D eigenvalue weighted by atomic mass is 16.5. The summed E-state index contributed by atoms with van der Waals surface area (Å²) >= 11 is 0. The van der Waals surface area contributed by atoms with Crippen LogP contribution < -0.4 is 20.7 Å². The van der Waals surface area contributed by atoms with Gasteiger partial charge in [0.2, 0.25) is 0 Å². The van der Waals surface area contributed by atoms with Gasteiger partial charge in [-0.2, -0.15) is 0 Å². The van der Waals surface area contributed by atoms with E-state index in [1.165, 1.54) is 0 Å². The SMILES string of the molecule is CCCCNC(=O)NCCc1ccc(OC[C@@H](O)CNC(C)C)cc1. The maximum Gasteiger partial charge on any atom is 0.314 e. The van der Waals surface area contributed by atoms with Crippen molar-refractivity contribution in [2.24, 2.45) is 0 Å². The number of carbonyl (C=O) groups is 1. The molecule has 0 aromatic heterocycles. The number of hydrogen-bond donors (Lipinski definition) is 4. The normalized spacial score (nSPS) is 12.0. The Morgan fingerprint density at radius 3 is 2.48 bits per heavy atom. The highest BCUT2D eigenvalue weighted by molar-refractivity contribution is 5.73. The molecule has 0 unspecified atom stereocenters. The molecule has 0 bridgehead atoms. The number of hydrogen-bond acceptors (Lipinski definition) is 4. The summed E-state index contributed by atoms with van der Waals surface area (Å²) in [4.78, 5) is 11.5. The van der Waals surface area contributed by atoms with E-state index in [1.54, 1.807) is 0 Å². The molecular formula is C19H33N3O3. The topological polar surface area (TPSA) is 82.6 Å². The minimum absolute atomic E-state index is 0.114. The Balaban J connectivity index is 2.21. The van der Waals surface area contributed by atoms with Crippen LogP contribution in [-0.4, -0.2) is 49.5 Å². The number of urea groups is 1. The molecular weight excluding hydrogens is 318 g/mol. The van der Waals surface area contributed by atoms with Gasteiger partial charge in [-0.1, -0.05) is 39.3 Å². The molecule has 4 N–H and O–H groups in total. The molecule has 142 valence electrons. The van der Waals surface area contributed by atoms with Crippen LogP contribution in [0.25, 0.3) is 0 Å². The second-order valence-corrected chi connectivity index (χ2v) is 6.46. The van der Waals surface area contributed by atoms with Gasteiger partial charge >= 0.3 is 6.03 Å².